The predicted octanol–water partition coefficient (Wildman–Crippen LogP) is 5.03. The van der Waals surface area contributed by atoms with Gasteiger partial charge in [-0.2, -0.15) is 0 Å². The lowest BCUT2D eigenvalue weighted by Gasteiger charge is -2.25. The first kappa shape index (κ1) is 16.4. The molecule has 2 rings (SSSR count). The Hall–Kier alpha value is -0.970. The van der Waals surface area contributed by atoms with Gasteiger partial charge in [-0.05, 0) is 58.7 Å². The van der Waals surface area contributed by atoms with Gasteiger partial charge < -0.3 is 0 Å². The SMILES string of the molecule is Cc1cc(I)cnc1C(C)(C)Cc1ccc(C(C)C)cn1. The summed E-state index contributed by atoms with van der Waals surface area (Å²) in [7, 11) is 0. The summed E-state index contributed by atoms with van der Waals surface area (Å²) in [6.45, 7) is 11.0. The molecule has 2 aromatic heterocycles. The Morgan fingerprint density at radius 2 is 1.86 bits per heavy atom. The third kappa shape index (κ3) is 4.02. The number of aromatic nitrogens is 2. The minimum atomic E-state index is -0.0131. The van der Waals surface area contributed by atoms with Gasteiger partial charge in [0.1, 0.15) is 0 Å². The van der Waals surface area contributed by atoms with Crippen LogP contribution in [0.3, 0.4) is 0 Å². The van der Waals surface area contributed by atoms with Crippen molar-refractivity contribution in [3.8, 4) is 0 Å². The molecule has 0 spiro atoms. The van der Waals surface area contributed by atoms with E-state index < -0.39 is 0 Å². The van der Waals surface area contributed by atoms with Gasteiger partial charge in [0.2, 0.25) is 0 Å². The predicted molar refractivity (Wildman–Crippen MR) is 96.7 cm³/mol. The average Bonchev–Trinajstić information content (AvgIpc) is 2.38. The Balaban J connectivity index is 2.24. The van der Waals surface area contributed by atoms with E-state index in [-0.39, 0.29) is 5.41 Å². The molecule has 0 radical (unpaired) electrons. The van der Waals surface area contributed by atoms with Crippen LogP contribution in [0.5, 0.6) is 0 Å². The second kappa shape index (κ2) is 6.42. The van der Waals surface area contributed by atoms with Crippen molar-refractivity contribution in [2.75, 3.05) is 0 Å². The topological polar surface area (TPSA) is 25.8 Å². The lowest BCUT2D eigenvalue weighted by molar-refractivity contribution is 0.495. The zero-order valence-electron chi connectivity index (χ0n) is 13.4. The minimum Gasteiger partial charge on any atom is -0.261 e. The van der Waals surface area contributed by atoms with E-state index in [1.807, 2.05) is 12.4 Å². The summed E-state index contributed by atoms with van der Waals surface area (Å²) < 4.78 is 1.18. The van der Waals surface area contributed by atoms with Gasteiger partial charge in [0.05, 0.1) is 0 Å². The molecular formula is C18H23IN2. The fraction of sp³-hybridized carbons (Fsp3) is 0.444. The summed E-state index contributed by atoms with van der Waals surface area (Å²) in [5.74, 6) is 0.527. The van der Waals surface area contributed by atoms with Crippen LogP contribution in [0.4, 0.5) is 0 Å². The molecule has 21 heavy (non-hydrogen) atoms. The zero-order valence-corrected chi connectivity index (χ0v) is 15.6. The lowest BCUT2D eigenvalue weighted by Crippen LogP contribution is -2.24. The van der Waals surface area contributed by atoms with Crippen molar-refractivity contribution in [1.29, 1.82) is 0 Å². The van der Waals surface area contributed by atoms with Crippen molar-refractivity contribution in [1.82, 2.24) is 9.97 Å². The Kier molecular flexibility index (Phi) is 5.02. The molecule has 0 aliphatic rings. The van der Waals surface area contributed by atoms with Crippen LogP contribution < -0.4 is 0 Å². The number of nitrogens with zero attached hydrogens (tertiary/aromatic N) is 2. The molecule has 3 heteroatoms. The fourth-order valence-electron chi connectivity index (χ4n) is 2.67. The first-order chi connectivity index (χ1) is 9.79. The summed E-state index contributed by atoms with van der Waals surface area (Å²) in [6.07, 6.45) is 4.85. The molecule has 0 atom stereocenters. The number of hydrogen-bond acceptors (Lipinski definition) is 2. The molecule has 0 bridgehead atoms. The molecule has 0 saturated heterocycles. The van der Waals surface area contributed by atoms with E-state index in [1.165, 1.54) is 14.7 Å². The van der Waals surface area contributed by atoms with Crippen LogP contribution in [0.2, 0.25) is 0 Å². The van der Waals surface area contributed by atoms with E-state index in [4.69, 9.17) is 0 Å². The molecule has 0 aliphatic carbocycles. The smallest absolute Gasteiger partial charge is 0.0493 e. The van der Waals surface area contributed by atoms with Crippen LogP contribution in [0.25, 0.3) is 0 Å². The number of pyridine rings is 2. The summed E-state index contributed by atoms with van der Waals surface area (Å²) in [4.78, 5) is 9.28. The molecule has 0 N–H and O–H groups in total. The Bertz CT molecular complexity index is 616. The first-order valence-corrected chi connectivity index (χ1v) is 8.45. The van der Waals surface area contributed by atoms with Gasteiger partial charge in [-0.15, -0.1) is 0 Å². The normalized spacial score (nSPS) is 12.0. The third-order valence-corrected chi connectivity index (χ3v) is 4.41. The van der Waals surface area contributed by atoms with Crippen LogP contribution in [0.15, 0.2) is 30.6 Å². The average molecular weight is 394 g/mol. The second-order valence-corrected chi connectivity index (χ2v) is 7.86. The van der Waals surface area contributed by atoms with E-state index in [9.17, 15) is 0 Å². The van der Waals surface area contributed by atoms with Crippen LogP contribution in [-0.2, 0) is 11.8 Å². The quantitative estimate of drug-likeness (QED) is 0.680. The van der Waals surface area contributed by atoms with Crippen LogP contribution >= 0.6 is 22.6 Å². The summed E-state index contributed by atoms with van der Waals surface area (Å²) in [5, 5.41) is 0. The maximum atomic E-state index is 4.66. The Morgan fingerprint density at radius 3 is 2.38 bits per heavy atom. The van der Waals surface area contributed by atoms with Crippen LogP contribution in [0, 0.1) is 10.5 Å². The number of aryl methyl sites for hydroxylation is 1. The van der Waals surface area contributed by atoms with Gasteiger partial charge in [0, 0.05) is 39.2 Å². The van der Waals surface area contributed by atoms with Gasteiger partial charge in [0.25, 0.3) is 0 Å². The van der Waals surface area contributed by atoms with Gasteiger partial charge in [-0.3, -0.25) is 9.97 Å². The molecule has 112 valence electrons. The number of rotatable bonds is 4. The van der Waals surface area contributed by atoms with E-state index in [1.54, 1.807) is 0 Å². The van der Waals surface area contributed by atoms with E-state index in [0.717, 1.165) is 17.8 Å². The van der Waals surface area contributed by atoms with Crippen molar-refractivity contribution >= 4 is 22.6 Å². The highest BCUT2D eigenvalue weighted by molar-refractivity contribution is 14.1. The molecule has 0 aromatic carbocycles. The Morgan fingerprint density at radius 1 is 1.14 bits per heavy atom. The van der Waals surface area contributed by atoms with E-state index in [0.29, 0.717) is 5.92 Å². The monoisotopic (exact) mass is 394 g/mol. The molecule has 2 aromatic rings. The lowest BCUT2D eigenvalue weighted by atomic mass is 9.81. The van der Waals surface area contributed by atoms with Crippen molar-refractivity contribution in [3.63, 3.8) is 0 Å². The molecule has 0 aliphatic heterocycles. The molecule has 2 heterocycles. The van der Waals surface area contributed by atoms with E-state index >= 15 is 0 Å². The third-order valence-electron chi connectivity index (χ3n) is 3.82. The van der Waals surface area contributed by atoms with Gasteiger partial charge in [-0.25, -0.2) is 0 Å². The summed E-state index contributed by atoms with van der Waals surface area (Å²) >= 11 is 2.31. The highest BCUT2D eigenvalue weighted by Crippen LogP contribution is 2.29. The number of halogens is 1. The van der Waals surface area contributed by atoms with E-state index in [2.05, 4.69) is 85.4 Å². The molecule has 0 fully saturated rings. The maximum absolute atomic E-state index is 4.66. The van der Waals surface area contributed by atoms with Crippen molar-refractivity contribution in [2.24, 2.45) is 0 Å². The first-order valence-electron chi connectivity index (χ1n) is 7.37. The van der Waals surface area contributed by atoms with Gasteiger partial charge >= 0.3 is 0 Å². The molecule has 0 saturated carbocycles. The minimum absolute atomic E-state index is 0.0131. The van der Waals surface area contributed by atoms with Gasteiger partial charge in [0.15, 0.2) is 0 Å². The highest BCUT2D eigenvalue weighted by atomic mass is 127. The molecule has 0 unspecified atom stereocenters. The number of hydrogen-bond donors (Lipinski definition) is 0. The zero-order chi connectivity index (χ0) is 15.6. The maximum Gasteiger partial charge on any atom is 0.0493 e. The van der Waals surface area contributed by atoms with Crippen molar-refractivity contribution in [2.45, 2.75) is 52.4 Å². The highest BCUT2D eigenvalue weighted by Gasteiger charge is 2.25. The van der Waals surface area contributed by atoms with Crippen LogP contribution in [-0.4, -0.2) is 9.97 Å². The second-order valence-electron chi connectivity index (χ2n) is 6.62. The standard InChI is InChI=1S/C18H23IN2/c1-12(2)14-6-7-16(20-10-14)9-18(4,5)17-13(3)8-15(19)11-21-17/h6-8,10-12H,9H2,1-5H3. The van der Waals surface area contributed by atoms with Crippen molar-refractivity contribution < 1.29 is 0 Å². The molecule has 0 amide bonds. The molecule has 2 nitrogen and oxygen atoms in total. The van der Waals surface area contributed by atoms with Crippen LogP contribution in [0.1, 0.15) is 56.1 Å². The summed E-state index contributed by atoms with van der Waals surface area (Å²) in [6, 6.07) is 6.54. The van der Waals surface area contributed by atoms with Gasteiger partial charge in [-0.1, -0.05) is 33.8 Å². The fourth-order valence-corrected chi connectivity index (χ4v) is 3.27. The summed E-state index contributed by atoms with van der Waals surface area (Å²) in [5.41, 5.74) is 4.83. The Labute approximate surface area is 141 Å². The van der Waals surface area contributed by atoms with Crippen molar-refractivity contribution in [3.05, 3.63) is 56.7 Å². The largest absolute Gasteiger partial charge is 0.261 e. The molecular weight excluding hydrogens is 371 g/mol.